The predicted molar refractivity (Wildman–Crippen MR) is 96.2 cm³/mol. The molecule has 0 fully saturated rings. The quantitative estimate of drug-likeness (QED) is 0.665. The number of rotatable bonds is 5. The first-order valence-electron chi connectivity index (χ1n) is 7.66. The second kappa shape index (κ2) is 6.62. The maximum atomic E-state index is 12.2. The smallest absolute Gasteiger partial charge is 0.256 e. The van der Waals surface area contributed by atoms with Crippen molar-refractivity contribution in [3.05, 3.63) is 65.7 Å². The molecule has 0 atom stereocenters. The van der Waals surface area contributed by atoms with Gasteiger partial charge in [-0.1, -0.05) is 30.8 Å². The number of hydrogen-bond donors (Lipinski definition) is 1. The van der Waals surface area contributed by atoms with E-state index >= 15 is 0 Å². The van der Waals surface area contributed by atoms with Crippen molar-refractivity contribution in [3.8, 4) is 11.5 Å². The molecule has 2 aromatic carbocycles. The Bertz CT molecular complexity index is 837. The van der Waals surface area contributed by atoms with Gasteiger partial charge >= 0.3 is 0 Å². The minimum Gasteiger partial charge on any atom is -0.493 e. The molecule has 0 saturated heterocycles. The van der Waals surface area contributed by atoms with Crippen molar-refractivity contribution in [1.29, 1.82) is 0 Å². The van der Waals surface area contributed by atoms with Crippen molar-refractivity contribution in [1.82, 2.24) is 0 Å². The van der Waals surface area contributed by atoms with E-state index in [2.05, 4.69) is 11.9 Å². The molecule has 0 saturated carbocycles. The van der Waals surface area contributed by atoms with Gasteiger partial charge in [0, 0.05) is 16.8 Å². The first-order valence-corrected chi connectivity index (χ1v) is 7.66. The summed E-state index contributed by atoms with van der Waals surface area (Å²) in [5.41, 5.74) is 4.19. The summed E-state index contributed by atoms with van der Waals surface area (Å²) in [6.45, 7) is 6.16. The second-order valence-electron chi connectivity index (χ2n) is 5.71. The van der Waals surface area contributed by atoms with Gasteiger partial charge in [0.15, 0.2) is 11.5 Å². The van der Waals surface area contributed by atoms with Crippen LogP contribution >= 0.6 is 0 Å². The monoisotopic (exact) mass is 321 g/mol. The fourth-order valence-electron chi connectivity index (χ4n) is 2.54. The Kier molecular flexibility index (Phi) is 4.38. The number of amides is 1. The molecule has 0 aliphatic carbocycles. The van der Waals surface area contributed by atoms with E-state index in [-0.39, 0.29) is 5.91 Å². The zero-order valence-electron chi connectivity index (χ0n) is 13.8. The number of hydrogen-bond acceptors (Lipinski definition) is 3. The van der Waals surface area contributed by atoms with E-state index in [1.165, 1.54) is 0 Å². The number of carbonyl (C=O) groups excluding carboxylic acids is 1. The highest BCUT2D eigenvalue weighted by Crippen LogP contribution is 2.34. The van der Waals surface area contributed by atoms with Crippen LogP contribution < -0.4 is 14.8 Å². The molecule has 3 rings (SSSR count). The van der Waals surface area contributed by atoms with Gasteiger partial charge in [-0.2, -0.15) is 0 Å². The summed E-state index contributed by atoms with van der Waals surface area (Å²) in [5, 5.41) is 2.87. The largest absolute Gasteiger partial charge is 0.493 e. The summed E-state index contributed by atoms with van der Waals surface area (Å²) in [4.78, 5) is 12.2. The molecule has 1 N–H and O–H groups in total. The van der Waals surface area contributed by atoms with Crippen LogP contribution in [0, 0.1) is 0 Å². The van der Waals surface area contributed by atoms with E-state index < -0.39 is 0 Å². The molecule has 2 aromatic rings. The third kappa shape index (κ3) is 3.18. The van der Waals surface area contributed by atoms with E-state index in [0.29, 0.717) is 23.7 Å². The molecular weight excluding hydrogens is 302 g/mol. The van der Waals surface area contributed by atoms with Crippen LogP contribution in [0.3, 0.4) is 0 Å². The number of nitrogens with one attached hydrogen (secondary N) is 1. The zero-order valence-corrected chi connectivity index (χ0v) is 13.8. The molecule has 4 heteroatoms. The highest BCUT2D eigenvalue weighted by molar-refractivity contribution is 6.34. The van der Waals surface area contributed by atoms with Crippen molar-refractivity contribution in [2.45, 2.75) is 6.92 Å². The number of benzene rings is 2. The third-order valence-corrected chi connectivity index (χ3v) is 3.68. The summed E-state index contributed by atoms with van der Waals surface area (Å²) >= 11 is 0. The number of ether oxygens (including phenoxy) is 2. The first-order chi connectivity index (χ1) is 11.6. The van der Waals surface area contributed by atoms with Crippen molar-refractivity contribution < 1.29 is 14.3 Å². The fraction of sp³-hybridized carbons (Fsp3) is 0.150. The van der Waals surface area contributed by atoms with E-state index in [9.17, 15) is 4.79 Å². The Morgan fingerprint density at radius 2 is 2.00 bits per heavy atom. The number of anilines is 1. The van der Waals surface area contributed by atoms with Gasteiger partial charge in [-0.3, -0.25) is 4.79 Å². The Balaban J connectivity index is 1.93. The highest BCUT2D eigenvalue weighted by atomic mass is 16.5. The van der Waals surface area contributed by atoms with Crippen LogP contribution in [0.15, 0.2) is 54.6 Å². The van der Waals surface area contributed by atoms with E-state index in [1.807, 2.05) is 55.5 Å². The van der Waals surface area contributed by atoms with Gasteiger partial charge in [-0.25, -0.2) is 0 Å². The van der Waals surface area contributed by atoms with Gasteiger partial charge in [-0.15, -0.1) is 0 Å². The lowest BCUT2D eigenvalue weighted by Gasteiger charge is -2.11. The first kappa shape index (κ1) is 15.9. The zero-order chi connectivity index (χ0) is 17.1. The topological polar surface area (TPSA) is 47.6 Å². The van der Waals surface area contributed by atoms with E-state index in [1.54, 1.807) is 7.11 Å². The van der Waals surface area contributed by atoms with Crippen molar-refractivity contribution >= 4 is 23.2 Å². The molecule has 24 heavy (non-hydrogen) atoms. The fourth-order valence-corrected chi connectivity index (χ4v) is 2.54. The van der Waals surface area contributed by atoms with Gasteiger partial charge in [0.25, 0.3) is 5.91 Å². The second-order valence-corrected chi connectivity index (χ2v) is 5.71. The SMILES string of the molecule is C=C(C)COc1ccc(C=C2C(=O)Nc3ccccc32)cc1OC. The van der Waals surface area contributed by atoms with Gasteiger partial charge in [0.05, 0.1) is 7.11 Å². The number of methoxy groups -OCH3 is 1. The summed E-state index contributed by atoms with van der Waals surface area (Å²) in [5.74, 6) is 1.17. The molecule has 4 nitrogen and oxygen atoms in total. The lowest BCUT2D eigenvalue weighted by atomic mass is 10.0. The molecule has 1 aliphatic rings. The van der Waals surface area contributed by atoms with Crippen LogP contribution in [-0.2, 0) is 4.79 Å². The minimum absolute atomic E-state index is 0.0993. The van der Waals surface area contributed by atoms with Crippen LogP contribution in [0.1, 0.15) is 18.1 Å². The standard InChI is InChI=1S/C20H19NO3/c1-13(2)12-24-18-9-8-14(11-19(18)23-3)10-16-15-6-4-5-7-17(15)21-20(16)22/h4-11H,1,12H2,2-3H3,(H,21,22). The molecule has 1 amide bonds. The van der Waals surface area contributed by atoms with Crippen molar-refractivity contribution in [2.24, 2.45) is 0 Å². The van der Waals surface area contributed by atoms with E-state index in [4.69, 9.17) is 9.47 Å². The van der Waals surface area contributed by atoms with Crippen LogP contribution in [-0.4, -0.2) is 19.6 Å². The number of para-hydroxylation sites is 1. The molecule has 0 radical (unpaired) electrons. The molecule has 0 aromatic heterocycles. The summed E-state index contributed by atoms with van der Waals surface area (Å²) in [6.07, 6.45) is 1.85. The number of carbonyl (C=O) groups is 1. The van der Waals surface area contributed by atoms with Crippen LogP contribution in [0.5, 0.6) is 11.5 Å². The minimum atomic E-state index is -0.0993. The summed E-state index contributed by atoms with van der Waals surface area (Å²) in [7, 11) is 1.59. The Morgan fingerprint density at radius 3 is 2.75 bits per heavy atom. The van der Waals surface area contributed by atoms with Crippen LogP contribution in [0.25, 0.3) is 11.6 Å². The maximum Gasteiger partial charge on any atom is 0.256 e. The lowest BCUT2D eigenvalue weighted by molar-refractivity contribution is -0.110. The predicted octanol–water partition coefficient (Wildman–Crippen LogP) is 4.14. The molecule has 1 aliphatic heterocycles. The van der Waals surface area contributed by atoms with Crippen LogP contribution in [0.2, 0.25) is 0 Å². The third-order valence-electron chi connectivity index (χ3n) is 3.68. The Hall–Kier alpha value is -3.01. The molecule has 0 bridgehead atoms. The Labute approximate surface area is 141 Å². The maximum absolute atomic E-state index is 12.2. The molecule has 122 valence electrons. The van der Waals surface area contributed by atoms with Gasteiger partial charge in [0.1, 0.15) is 6.61 Å². The Morgan fingerprint density at radius 1 is 1.21 bits per heavy atom. The lowest BCUT2D eigenvalue weighted by Crippen LogP contribution is -2.03. The summed E-state index contributed by atoms with van der Waals surface area (Å²) in [6, 6.07) is 13.2. The van der Waals surface area contributed by atoms with Gasteiger partial charge < -0.3 is 14.8 Å². The molecule has 0 spiro atoms. The average molecular weight is 321 g/mol. The van der Waals surface area contributed by atoms with Crippen LogP contribution in [0.4, 0.5) is 5.69 Å². The highest BCUT2D eigenvalue weighted by Gasteiger charge is 2.23. The number of fused-ring (bicyclic) bond motifs is 1. The molecule has 0 unspecified atom stereocenters. The summed E-state index contributed by atoms with van der Waals surface area (Å²) < 4.78 is 11.1. The van der Waals surface area contributed by atoms with Crippen molar-refractivity contribution in [3.63, 3.8) is 0 Å². The van der Waals surface area contributed by atoms with Crippen molar-refractivity contribution in [2.75, 3.05) is 19.0 Å². The van der Waals surface area contributed by atoms with E-state index in [0.717, 1.165) is 22.4 Å². The molecular formula is C20H19NO3. The van der Waals surface area contributed by atoms with Gasteiger partial charge in [0.2, 0.25) is 0 Å². The normalized spacial score (nSPS) is 14.2. The average Bonchev–Trinajstić information content (AvgIpc) is 2.89. The van der Waals surface area contributed by atoms with Gasteiger partial charge in [-0.05, 0) is 42.3 Å². The molecule has 1 heterocycles.